The Balaban J connectivity index is 1.87. The molecule has 2 aromatic carbocycles. The van der Waals surface area contributed by atoms with Crippen LogP contribution in [0.15, 0.2) is 36.4 Å². The van der Waals surface area contributed by atoms with E-state index in [0.717, 1.165) is 41.4 Å². The van der Waals surface area contributed by atoms with Crippen LogP contribution in [0.25, 0.3) is 0 Å². The molecule has 0 fully saturated rings. The van der Waals surface area contributed by atoms with Crippen LogP contribution >= 0.6 is 0 Å². The number of hydrogen-bond acceptors (Lipinski definition) is 4. The first-order valence-electron chi connectivity index (χ1n) is 7.89. The largest absolute Gasteiger partial charge is 0.497 e. The Morgan fingerprint density at radius 3 is 2.61 bits per heavy atom. The van der Waals surface area contributed by atoms with Gasteiger partial charge >= 0.3 is 0 Å². The predicted molar refractivity (Wildman–Crippen MR) is 88.8 cm³/mol. The summed E-state index contributed by atoms with van der Waals surface area (Å²) in [5, 5.41) is 0. The Morgan fingerprint density at radius 2 is 1.87 bits per heavy atom. The molecule has 23 heavy (non-hydrogen) atoms. The van der Waals surface area contributed by atoms with E-state index in [-0.39, 0.29) is 6.10 Å². The van der Waals surface area contributed by atoms with Crippen LogP contribution in [-0.4, -0.2) is 20.8 Å². The lowest BCUT2D eigenvalue weighted by Gasteiger charge is -2.28. The number of benzene rings is 2. The predicted octanol–water partition coefficient (Wildman–Crippen LogP) is 4.17. The van der Waals surface area contributed by atoms with Gasteiger partial charge in [0.05, 0.1) is 20.8 Å². The van der Waals surface area contributed by atoms with Crippen LogP contribution in [0.5, 0.6) is 23.0 Å². The van der Waals surface area contributed by atoms with Gasteiger partial charge in [0.1, 0.15) is 29.1 Å². The van der Waals surface area contributed by atoms with Crippen molar-refractivity contribution in [1.82, 2.24) is 0 Å². The molecular formula is C19H22O4. The molecule has 4 nitrogen and oxygen atoms in total. The van der Waals surface area contributed by atoms with Crippen molar-refractivity contribution in [2.24, 2.45) is 0 Å². The topological polar surface area (TPSA) is 36.9 Å². The maximum atomic E-state index is 6.20. The third kappa shape index (κ3) is 3.21. The first-order valence-corrected chi connectivity index (χ1v) is 7.89. The molecule has 0 saturated carbocycles. The Hall–Kier alpha value is -2.36. The minimum absolute atomic E-state index is 0.0276. The van der Waals surface area contributed by atoms with Gasteiger partial charge in [-0.1, -0.05) is 6.07 Å². The summed E-state index contributed by atoms with van der Waals surface area (Å²) in [6, 6.07) is 11.9. The molecule has 4 heteroatoms. The molecule has 0 bridgehead atoms. The molecule has 0 aliphatic carbocycles. The van der Waals surface area contributed by atoms with Crippen molar-refractivity contribution in [2.45, 2.75) is 25.9 Å². The normalized spacial score (nSPS) is 16.2. The highest BCUT2D eigenvalue weighted by atomic mass is 16.5. The zero-order valence-electron chi connectivity index (χ0n) is 13.8. The number of rotatable bonds is 5. The summed E-state index contributed by atoms with van der Waals surface area (Å²) in [5.74, 6) is 3.30. The Labute approximate surface area is 136 Å². The third-order valence-electron chi connectivity index (χ3n) is 4.08. The van der Waals surface area contributed by atoms with Gasteiger partial charge in [0, 0.05) is 17.7 Å². The molecule has 0 amide bonds. The van der Waals surface area contributed by atoms with E-state index in [1.165, 1.54) is 5.56 Å². The van der Waals surface area contributed by atoms with E-state index in [0.29, 0.717) is 6.61 Å². The van der Waals surface area contributed by atoms with Gasteiger partial charge < -0.3 is 18.9 Å². The Morgan fingerprint density at radius 1 is 1.04 bits per heavy atom. The van der Waals surface area contributed by atoms with Crippen molar-refractivity contribution in [3.8, 4) is 23.0 Å². The van der Waals surface area contributed by atoms with E-state index in [2.05, 4.69) is 6.07 Å². The van der Waals surface area contributed by atoms with Crippen molar-refractivity contribution in [2.75, 3.05) is 20.8 Å². The molecule has 0 aromatic heterocycles. The van der Waals surface area contributed by atoms with Gasteiger partial charge in [-0.15, -0.1) is 0 Å². The van der Waals surface area contributed by atoms with E-state index < -0.39 is 0 Å². The molecule has 0 saturated heterocycles. The van der Waals surface area contributed by atoms with E-state index in [9.17, 15) is 0 Å². The van der Waals surface area contributed by atoms with Crippen LogP contribution in [0.1, 0.15) is 30.6 Å². The van der Waals surface area contributed by atoms with Gasteiger partial charge in [-0.05, 0) is 43.5 Å². The summed E-state index contributed by atoms with van der Waals surface area (Å²) in [6.45, 7) is 2.60. The summed E-state index contributed by atoms with van der Waals surface area (Å²) in [6.07, 6.45) is 1.87. The Bertz CT molecular complexity index is 681. The van der Waals surface area contributed by atoms with Crippen LogP contribution in [0.4, 0.5) is 0 Å². The monoisotopic (exact) mass is 314 g/mol. The molecule has 2 aromatic rings. The smallest absolute Gasteiger partial charge is 0.129 e. The quantitative estimate of drug-likeness (QED) is 0.830. The summed E-state index contributed by atoms with van der Waals surface area (Å²) in [5.41, 5.74) is 2.26. The molecule has 0 spiro atoms. The SMILES string of the molecule is CCOc1ccc(C2CCc3ccc(OC)cc3O2)c(OC)c1. The fourth-order valence-electron chi connectivity index (χ4n) is 2.91. The average molecular weight is 314 g/mol. The van der Waals surface area contributed by atoms with Gasteiger partial charge in [0.15, 0.2) is 0 Å². The van der Waals surface area contributed by atoms with Crippen LogP contribution in [0.3, 0.4) is 0 Å². The fourth-order valence-corrected chi connectivity index (χ4v) is 2.91. The molecule has 1 atom stereocenters. The Kier molecular flexibility index (Phi) is 4.60. The second-order valence-electron chi connectivity index (χ2n) is 5.46. The summed E-state index contributed by atoms with van der Waals surface area (Å²) >= 11 is 0. The van der Waals surface area contributed by atoms with Crippen LogP contribution in [0, 0.1) is 0 Å². The zero-order chi connectivity index (χ0) is 16.2. The molecule has 122 valence electrons. The van der Waals surface area contributed by atoms with Gasteiger partial charge in [-0.25, -0.2) is 0 Å². The lowest BCUT2D eigenvalue weighted by molar-refractivity contribution is 0.171. The third-order valence-corrected chi connectivity index (χ3v) is 4.08. The molecule has 0 radical (unpaired) electrons. The molecule has 1 aliphatic heterocycles. The molecular weight excluding hydrogens is 292 g/mol. The van der Waals surface area contributed by atoms with E-state index in [1.807, 2.05) is 37.3 Å². The van der Waals surface area contributed by atoms with Crippen LogP contribution < -0.4 is 18.9 Å². The molecule has 1 unspecified atom stereocenters. The van der Waals surface area contributed by atoms with Gasteiger partial charge in [0.2, 0.25) is 0 Å². The highest BCUT2D eigenvalue weighted by Crippen LogP contribution is 2.40. The second-order valence-corrected chi connectivity index (χ2v) is 5.46. The van der Waals surface area contributed by atoms with Gasteiger partial charge in [-0.3, -0.25) is 0 Å². The number of ether oxygens (including phenoxy) is 4. The summed E-state index contributed by atoms with van der Waals surface area (Å²) < 4.78 is 22.6. The first kappa shape index (κ1) is 15.5. The first-order chi connectivity index (χ1) is 11.2. The highest BCUT2D eigenvalue weighted by molar-refractivity contribution is 5.46. The van der Waals surface area contributed by atoms with Crippen LogP contribution in [0.2, 0.25) is 0 Å². The number of fused-ring (bicyclic) bond motifs is 1. The van der Waals surface area contributed by atoms with Crippen molar-refractivity contribution in [1.29, 1.82) is 0 Å². The minimum Gasteiger partial charge on any atom is -0.497 e. The summed E-state index contributed by atoms with van der Waals surface area (Å²) in [7, 11) is 3.34. The molecule has 0 N–H and O–H groups in total. The zero-order valence-corrected chi connectivity index (χ0v) is 13.8. The van der Waals surface area contributed by atoms with Gasteiger partial charge in [0.25, 0.3) is 0 Å². The summed E-state index contributed by atoms with van der Waals surface area (Å²) in [4.78, 5) is 0. The molecule has 1 heterocycles. The van der Waals surface area contributed by atoms with Crippen LogP contribution in [-0.2, 0) is 6.42 Å². The lowest BCUT2D eigenvalue weighted by Crippen LogP contribution is -2.16. The van der Waals surface area contributed by atoms with Crippen molar-refractivity contribution in [3.05, 3.63) is 47.5 Å². The van der Waals surface area contributed by atoms with E-state index in [1.54, 1.807) is 14.2 Å². The van der Waals surface area contributed by atoms with E-state index >= 15 is 0 Å². The lowest BCUT2D eigenvalue weighted by atomic mass is 9.96. The van der Waals surface area contributed by atoms with Crippen molar-refractivity contribution < 1.29 is 18.9 Å². The molecule has 1 aliphatic rings. The number of aryl methyl sites for hydroxylation is 1. The van der Waals surface area contributed by atoms with Crippen molar-refractivity contribution in [3.63, 3.8) is 0 Å². The fraction of sp³-hybridized carbons (Fsp3) is 0.368. The minimum atomic E-state index is -0.0276. The maximum Gasteiger partial charge on any atom is 0.129 e. The van der Waals surface area contributed by atoms with E-state index in [4.69, 9.17) is 18.9 Å². The average Bonchev–Trinajstić information content (AvgIpc) is 2.61. The maximum absolute atomic E-state index is 6.20. The standard InChI is InChI=1S/C19H22O4/c1-4-22-15-8-9-16(19(12-15)21-3)17-10-6-13-5-7-14(20-2)11-18(13)23-17/h5,7-9,11-12,17H,4,6,10H2,1-3H3. The number of methoxy groups -OCH3 is 2. The van der Waals surface area contributed by atoms with Crippen molar-refractivity contribution >= 4 is 0 Å². The highest BCUT2D eigenvalue weighted by Gasteiger charge is 2.24. The second kappa shape index (κ2) is 6.82. The van der Waals surface area contributed by atoms with Gasteiger partial charge in [-0.2, -0.15) is 0 Å². The number of hydrogen-bond donors (Lipinski definition) is 0. The molecule has 3 rings (SSSR count).